The molecule has 0 aromatic heterocycles. The fraction of sp³-hybridized carbons (Fsp3) is 0. The van der Waals surface area contributed by atoms with Crippen molar-refractivity contribution in [3.05, 3.63) is 23.2 Å². The van der Waals surface area contributed by atoms with Gasteiger partial charge >= 0.3 is 0 Å². The summed E-state index contributed by atoms with van der Waals surface area (Å²) in [5.74, 6) is 0. The Bertz CT molecular complexity index is 314. The molecule has 0 saturated carbocycles. The van der Waals surface area contributed by atoms with Crippen molar-refractivity contribution in [1.82, 2.24) is 0 Å². The van der Waals surface area contributed by atoms with Gasteiger partial charge < -0.3 is 16.8 Å². The number of nitrogens with one attached hydrogen (secondary N) is 1. The van der Waals surface area contributed by atoms with Crippen LogP contribution in [0.1, 0.15) is 0 Å². The lowest BCUT2D eigenvalue weighted by Crippen LogP contribution is -2.18. The predicted octanol–water partition coefficient (Wildman–Crippen LogP) is 1.58. The van der Waals surface area contributed by atoms with E-state index in [2.05, 4.69) is 17.5 Å². The van der Waals surface area contributed by atoms with Crippen LogP contribution in [-0.4, -0.2) is 5.11 Å². The molecule has 1 rings (SSSR count). The summed E-state index contributed by atoms with van der Waals surface area (Å²) < 4.78 is 0. The van der Waals surface area contributed by atoms with Crippen LogP contribution in [0.2, 0.25) is 5.02 Å². The highest BCUT2D eigenvalue weighted by Gasteiger charge is 1.97. The van der Waals surface area contributed by atoms with Crippen LogP contribution in [0.4, 0.5) is 11.4 Å². The molecular weight excluding hydrogens is 194 g/mol. The lowest BCUT2D eigenvalue weighted by molar-refractivity contribution is 1.60. The molecule has 0 saturated heterocycles. The van der Waals surface area contributed by atoms with Crippen LogP contribution in [0.15, 0.2) is 18.2 Å². The molecular formula is C7H8ClN3S. The minimum Gasteiger partial charge on any atom is -0.397 e. The second-order valence-electron chi connectivity index (χ2n) is 2.23. The first-order chi connectivity index (χ1) is 5.59. The Hall–Kier alpha value is -1.00. The van der Waals surface area contributed by atoms with Gasteiger partial charge in [0.25, 0.3) is 0 Å². The van der Waals surface area contributed by atoms with E-state index in [0.717, 1.165) is 5.69 Å². The zero-order chi connectivity index (χ0) is 9.14. The molecule has 0 atom stereocenters. The highest BCUT2D eigenvalue weighted by molar-refractivity contribution is 7.80. The topological polar surface area (TPSA) is 64.1 Å². The van der Waals surface area contributed by atoms with Crippen LogP contribution < -0.4 is 16.8 Å². The van der Waals surface area contributed by atoms with Crippen molar-refractivity contribution in [3.8, 4) is 0 Å². The van der Waals surface area contributed by atoms with Crippen molar-refractivity contribution in [1.29, 1.82) is 0 Å². The van der Waals surface area contributed by atoms with E-state index in [4.69, 9.17) is 23.1 Å². The molecule has 64 valence electrons. The van der Waals surface area contributed by atoms with E-state index in [-0.39, 0.29) is 5.11 Å². The lowest BCUT2D eigenvalue weighted by atomic mass is 10.3. The van der Waals surface area contributed by atoms with Crippen LogP contribution in [-0.2, 0) is 0 Å². The number of halogens is 1. The molecule has 0 heterocycles. The summed E-state index contributed by atoms with van der Waals surface area (Å²) in [5.41, 5.74) is 12.0. The molecule has 3 nitrogen and oxygen atoms in total. The summed E-state index contributed by atoms with van der Waals surface area (Å²) in [6, 6.07) is 5.09. The van der Waals surface area contributed by atoms with Gasteiger partial charge in [-0.25, -0.2) is 0 Å². The second-order valence-corrected chi connectivity index (χ2v) is 3.07. The fourth-order valence-electron chi connectivity index (χ4n) is 0.764. The lowest BCUT2D eigenvalue weighted by Gasteiger charge is -2.04. The van der Waals surface area contributed by atoms with Gasteiger partial charge in [0, 0.05) is 5.69 Å². The summed E-state index contributed by atoms with van der Waals surface area (Å²) in [4.78, 5) is 0. The van der Waals surface area contributed by atoms with Crippen LogP contribution in [0, 0.1) is 0 Å². The van der Waals surface area contributed by atoms with E-state index in [1.807, 2.05) is 0 Å². The van der Waals surface area contributed by atoms with Gasteiger partial charge in [-0.3, -0.25) is 0 Å². The molecule has 0 radical (unpaired) electrons. The first-order valence-corrected chi connectivity index (χ1v) is 3.99. The average Bonchev–Trinajstić information content (AvgIpc) is 1.96. The van der Waals surface area contributed by atoms with Crippen LogP contribution in [0.5, 0.6) is 0 Å². The van der Waals surface area contributed by atoms with Crippen molar-refractivity contribution in [2.24, 2.45) is 5.73 Å². The molecule has 0 aliphatic heterocycles. The van der Waals surface area contributed by atoms with Gasteiger partial charge in [0.2, 0.25) is 0 Å². The highest BCUT2D eigenvalue weighted by Crippen LogP contribution is 2.21. The first-order valence-electron chi connectivity index (χ1n) is 3.21. The van der Waals surface area contributed by atoms with Gasteiger partial charge in [0.15, 0.2) is 5.11 Å². The van der Waals surface area contributed by atoms with Crippen molar-refractivity contribution in [3.63, 3.8) is 0 Å². The van der Waals surface area contributed by atoms with Crippen molar-refractivity contribution in [2.75, 3.05) is 11.1 Å². The second kappa shape index (κ2) is 3.60. The van der Waals surface area contributed by atoms with Crippen LogP contribution >= 0.6 is 23.8 Å². The van der Waals surface area contributed by atoms with Gasteiger partial charge in [0.1, 0.15) is 0 Å². The molecule has 0 aliphatic carbocycles. The predicted molar refractivity (Wildman–Crippen MR) is 56.3 cm³/mol. The molecule has 0 unspecified atom stereocenters. The Morgan fingerprint density at radius 3 is 2.67 bits per heavy atom. The van der Waals surface area contributed by atoms with Gasteiger partial charge in [-0.05, 0) is 30.4 Å². The largest absolute Gasteiger partial charge is 0.397 e. The maximum Gasteiger partial charge on any atom is 0.168 e. The van der Waals surface area contributed by atoms with Gasteiger partial charge in [-0.15, -0.1) is 0 Å². The number of rotatable bonds is 1. The van der Waals surface area contributed by atoms with Crippen LogP contribution in [0.25, 0.3) is 0 Å². The SMILES string of the molecule is NC(=S)Nc1ccc(Cl)c(N)c1. The number of nitrogens with two attached hydrogens (primary N) is 2. The Balaban J connectivity index is 2.89. The zero-order valence-corrected chi connectivity index (χ0v) is 7.75. The van der Waals surface area contributed by atoms with Gasteiger partial charge in [-0.1, -0.05) is 11.6 Å². The summed E-state index contributed by atoms with van der Waals surface area (Å²) in [7, 11) is 0. The average molecular weight is 202 g/mol. The summed E-state index contributed by atoms with van der Waals surface area (Å²) in [5, 5.41) is 3.47. The monoisotopic (exact) mass is 201 g/mol. The van der Waals surface area contributed by atoms with Crippen molar-refractivity contribution < 1.29 is 0 Å². The van der Waals surface area contributed by atoms with Gasteiger partial charge in [0.05, 0.1) is 10.7 Å². The maximum absolute atomic E-state index is 5.70. The normalized spacial score (nSPS) is 9.42. The molecule has 0 amide bonds. The third-order valence-electron chi connectivity index (χ3n) is 1.26. The van der Waals surface area contributed by atoms with E-state index in [9.17, 15) is 0 Å². The number of nitrogen functional groups attached to an aromatic ring is 1. The molecule has 1 aromatic rings. The molecule has 5 N–H and O–H groups in total. The van der Waals surface area contributed by atoms with Gasteiger partial charge in [-0.2, -0.15) is 0 Å². The number of hydrogen-bond acceptors (Lipinski definition) is 2. The first kappa shape index (κ1) is 9.09. The molecule has 5 heteroatoms. The number of anilines is 2. The maximum atomic E-state index is 5.70. The highest BCUT2D eigenvalue weighted by atomic mass is 35.5. The van der Waals surface area contributed by atoms with E-state index in [1.165, 1.54) is 0 Å². The molecule has 12 heavy (non-hydrogen) atoms. The molecule has 0 aliphatic rings. The Morgan fingerprint density at radius 1 is 1.50 bits per heavy atom. The molecule has 0 spiro atoms. The summed E-state index contributed by atoms with van der Waals surface area (Å²) in [6.45, 7) is 0. The standard InChI is InChI=1S/C7H8ClN3S/c8-5-2-1-4(3-6(5)9)11-7(10)12/h1-3H,9H2,(H3,10,11,12). The smallest absolute Gasteiger partial charge is 0.168 e. The quantitative estimate of drug-likeness (QED) is 0.477. The third kappa shape index (κ3) is 2.25. The van der Waals surface area contributed by atoms with Crippen molar-refractivity contribution in [2.45, 2.75) is 0 Å². The molecule has 0 fully saturated rings. The van der Waals surface area contributed by atoms with E-state index >= 15 is 0 Å². The van der Waals surface area contributed by atoms with Crippen LogP contribution in [0.3, 0.4) is 0 Å². The Morgan fingerprint density at radius 2 is 2.17 bits per heavy atom. The number of hydrogen-bond donors (Lipinski definition) is 3. The minimum atomic E-state index is 0.205. The van der Waals surface area contributed by atoms with E-state index < -0.39 is 0 Å². The third-order valence-corrected chi connectivity index (χ3v) is 1.71. The van der Waals surface area contributed by atoms with Crippen molar-refractivity contribution >= 4 is 40.3 Å². The number of thiocarbonyl (C=S) groups is 1. The zero-order valence-electron chi connectivity index (χ0n) is 6.17. The number of benzene rings is 1. The Kier molecular flexibility index (Phi) is 2.73. The summed E-state index contributed by atoms with van der Waals surface area (Å²) >= 11 is 10.3. The van der Waals surface area contributed by atoms with E-state index in [0.29, 0.717) is 10.7 Å². The summed E-state index contributed by atoms with van der Waals surface area (Å²) in [6.07, 6.45) is 0. The minimum absolute atomic E-state index is 0.205. The molecule has 1 aromatic carbocycles. The molecule has 0 bridgehead atoms. The fourth-order valence-corrected chi connectivity index (χ4v) is 0.999. The Labute approximate surface area is 80.7 Å². The van der Waals surface area contributed by atoms with E-state index in [1.54, 1.807) is 18.2 Å².